The summed E-state index contributed by atoms with van der Waals surface area (Å²) in [6, 6.07) is 0. The lowest BCUT2D eigenvalue weighted by Gasteiger charge is -2.02. The first kappa shape index (κ1) is 8.49. The normalized spacial score (nSPS) is 10.4. The molecule has 2 aromatic heterocycles. The molecule has 0 unspecified atom stereocenters. The van der Waals surface area contributed by atoms with Gasteiger partial charge >= 0.3 is 0 Å². The molecule has 0 bridgehead atoms. The molecular formula is C8H8N4O2. The predicted molar refractivity (Wildman–Crippen MR) is 49.6 cm³/mol. The number of nitrogens with zero attached hydrogens (tertiary/aromatic N) is 3. The number of carbonyl (C=O) groups excluding carboxylic acids is 1. The largest absolute Gasteiger partial charge is 0.492 e. The van der Waals surface area contributed by atoms with E-state index in [1.54, 1.807) is 7.05 Å². The zero-order chi connectivity index (χ0) is 10.1. The van der Waals surface area contributed by atoms with Crippen molar-refractivity contribution >= 4 is 17.8 Å². The van der Waals surface area contributed by atoms with E-state index in [-0.39, 0.29) is 5.88 Å². The van der Waals surface area contributed by atoms with Crippen LogP contribution in [-0.2, 0) is 0 Å². The van der Waals surface area contributed by atoms with Crippen molar-refractivity contribution < 1.29 is 9.90 Å². The maximum Gasteiger partial charge on any atom is 0.230 e. The van der Waals surface area contributed by atoms with Crippen LogP contribution in [0.3, 0.4) is 0 Å². The maximum absolute atomic E-state index is 10.6. The van der Waals surface area contributed by atoms with Crippen molar-refractivity contribution in [3.63, 3.8) is 0 Å². The molecule has 0 saturated heterocycles. The molecule has 0 aromatic carbocycles. The van der Waals surface area contributed by atoms with Crippen LogP contribution in [0.2, 0.25) is 0 Å². The number of hydrogen-bond donors (Lipinski definition) is 2. The Kier molecular flexibility index (Phi) is 1.81. The number of fused-ring (bicyclic) bond motifs is 1. The molecule has 0 spiro atoms. The minimum atomic E-state index is -0.164. The van der Waals surface area contributed by atoms with Crippen LogP contribution in [0, 0.1) is 0 Å². The van der Waals surface area contributed by atoms with Crippen molar-refractivity contribution in [3.8, 4) is 5.88 Å². The Hall–Kier alpha value is -2.11. The maximum atomic E-state index is 10.6. The summed E-state index contributed by atoms with van der Waals surface area (Å²) in [5, 5.41) is 12.0. The number of anilines is 1. The first-order valence-electron chi connectivity index (χ1n) is 3.96. The molecule has 2 heterocycles. The van der Waals surface area contributed by atoms with Crippen molar-refractivity contribution in [2.24, 2.45) is 0 Å². The molecule has 2 rings (SSSR count). The zero-order valence-electron chi connectivity index (χ0n) is 7.43. The third-order valence-corrected chi connectivity index (χ3v) is 1.87. The number of rotatable bonds is 2. The Bertz CT molecular complexity index is 491. The fraction of sp³-hybridized carbons (Fsp3) is 0.125. The molecule has 0 atom stereocenters. The summed E-state index contributed by atoms with van der Waals surface area (Å²) < 4.78 is 1.47. The lowest BCUT2D eigenvalue weighted by molar-refractivity contribution is 0.111. The summed E-state index contributed by atoms with van der Waals surface area (Å²) >= 11 is 0. The van der Waals surface area contributed by atoms with Gasteiger partial charge in [-0.25, -0.2) is 4.98 Å². The fourth-order valence-electron chi connectivity index (χ4n) is 1.25. The van der Waals surface area contributed by atoms with Crippen LogP contribution in [0.25, 0.3) is 5.65 Å². The number of imidazole rings is 1. The van der Waals surface area contributed by atoms with Crippen LogP contribution in [0.4, 0.5) is 5.82 Å². The number of nitrogens with one attached hydrogen (secondary N) is 1. The van der Waals surface area contributed by atoms with Crippen molar-refractivity contribution in [3.05, 3.63) is 18.1 Å². The van der Waals surface area contributed by atoms with Crippen LogP contribution in [0.15, 0.2) is 12.4 Å². The van der Waals surface area contributed by atoms with Crippen molar-refractivity contribution in [1.82, 2.24) is 14.4 Å². The van der Waals surface area contributed by atoms with Gasteiger partial charge in [0, 0.05) is 7.05 Å². The molecule has 72 valence electrons. The molecule has 0 amide bonds. The average molecular weight is 192 g/mol. The Balaban J connectivity index is 2.83. The molecular weight excluding hydrogens is 184 g/mol. The van der Waals surface area contributed by atoms with Crippen LogP contribution in [-0.4, -0.2) is 32.8 Å². The number of aromatic hydroxyl groups is 1. The first-order chi connectivity index (χ1) is 6.76. The predicted octanol–water partition coefficient (Wildman–Crippen LogP) is 0.289. The van der Waals surface area contributed by atoms with Crippen LogP contribution >= 0.6 is 0 Å². The Morgan fingerprint density at radius 2 is 2.43 bits per heavy atom. The van der Waals surface area contributed by atoms with Gasteiger partial charge in [-0.2, -0.15) is 4.98 Å². The number of aromatic nitrogens is 3. The van der Waals surface area contributed by atoms with Crippen molar-refractivity contribution in [2.45, 2.75) is 0 Å². The molecule has 2 N–H and O–H groups in total. The van der Waals surface area contributed by atoms with Gasteiger partial charge in [0.25, 0.3) is 0 Å². The van der Waals surface area contributed by atoms with E-state index in [9.17, 15) is 9.90 Å². The van der Waals surface area contributed by atoms with Crippen LogP contribution in [0.1, 0.15) is 10.5 Å². The van der Waals surface area contributed by atoms with Gasteiger partial charge in [0.05, 0.1) is 12.4 Å². The minimum absolute atomic E-state index is 0.164. The Labute approximate surface area is 79.2 Å². The summed E-state index contributed by atoms with van der Waals surface area (Å²) in [5.41, 5.74) is 0.876. The van der Waals surface area contributed by atoms with E-state index in [1.165, 1.54) is 16.8 Å². The quantitative estimate of drug-likeness (QED) is 0.668. The fourth-order valence-corrected chi connectivity index (χ4v) is 1.25. The van der Waals surface area contributed by atoms with E-state index in [0.29, 0.717) is 23.4 Å². The number of aldehydes is 1. The lowest BCUT2D eigenvalue weighted by atomic mass is 10.5. The third-order valence-electron chi connectivity index (χ3n) is 1.87. The third kappa shape index (κ3) is 1.08. The Morgan fingerprint density at radius 3 is 3.07 bits per heavy atom. The molecule has 0 radical (unpaired) electrons. The van der Waals surface area contributed by atoms with Gasteiger partial charge in [-0.1, -0.05) is 0 Å². The van der Waals surface area contributed by atoms with E-state index in [2.05, 4.69) is 15.3 Å². The molecule has 14 heavy (non-hydrogen) atoms. The smallest absolute Gasteiger partial charge is 0.230 e. The molecule has 6 heteroatoms. The zero-order valence-corrected chi connectivity index (χ0v) is 7.43. The van der Waals surface area contributed by atoms with E-state index in [1.807, 2.05) is 0 Å². The van der Waals surface area contributed by atoms with Crippen molar-refractivity contribution in [2.75, 3.05) is 12.4 Å². The highest BCUT2D eigenvalue weighted by atomic mass is 16.3. The molecule has 2 aromatic rings. The molecule has 0 aliphatic rings. The molecule has 0 fully saturated rings. The van der Waals surface area contributed by atoms with E-state index in [0.717, 1.165) is 0 Å². The highest BCUT2D eigenvalue weighted by molar-refractivity contribution is 5.76. The van der Waals surface area contributed by atoms with E-state index < -0.39 is 0 Å². The minimum Gasteiger partial charge on any atom is -0.492 e. The second-order valence-corrected chi connectivity index (χ2v) is 2.69. The van der Waals surface area contributed by atoms with Crippen LogP contribution in [0.5, 0.6) is 5.88 Å². The van der Waals surface area contributed by atoms with Gasteiger partial charge in [0.1, 0.15) is 5.69 Å². The number of carbonyl (C=O) groups is 1. The highest BCUT2D eigenvalue weighted by Crippen LogP contribution is 2.17. The monoisotopic (exact) mass is 192 g/mol. The topological polar surface area (TPSA) is 79.5 Å². The van der Waals surface area contributed by atoms with Gasteiger partial charge in [-0.05, 0) is 0 Å². The second kappa shape index (κ2) is 2.99. The van der Waals surface area contributed by atoms with E-state index >= 15 is 0 Å². The summed E-state index contributed by atoms with van der Waals surface area (Å²) in [7, 11) is 1.66. The highest BCUT2D eigenvalue weighted by Gasteiger charge is 2.08. The van der Waals surface area contributed by atoms with Gasteiger partial charge in [-0.3, -0.25) is 9.20 Å². The second-order valence-electron chi connectivity index (χ2n) is 2.69. The summed E-state index contributed by atoms with van der Waals surface area (Å²) in [6.45, 7) is 0. The summed E-state index contributed by atoms with van der Waals surface area (Å²) in [4.78, 5) is 18.4. The van der Waals surface area contributed by atoms with Gasteiger partial charge in [0.15, 0.2) is 17.8 Å². The van der Waals surface area contributed by atoms with Gasteiger partial charge in [-0.15, -0.1) is 0 Å². The first-order valence-corrected chi connectivity index (χ1v) is 3.96. The molecule has 0 aliphatic carbocycles. The van der Waals surface area contributed by atoms with E-state index in [4.69, 9.17) is 0 Å². The van der Waals surface area contributed by atoms with Crippen molar-refractivity contribution in [1.29, 1.82) is 0 Å². The molecule has 0 saturated carbocycles. The SMILES string of the molecule is CNc1nc(O)cn2c(C=O)cnc12. The molecule has 6 nitrogen and oxygen atoms in total. The van der Waals surface area contributed by atoms with Gasteiger partial charge in [0.2, 0.25) is 5.88 Å². The van der Waals surface area contributed by atoms with Gasteiger partial charge < -0.3 is 10.4 Å². The summed E-state index contributed by atoms with van der Waals surface area (Å²) in [6.07, 6.45) is 3.43. The molecule has 0 aliphatic heterocycles. The number of hydrogen-bond acceptors (Lipinski definition) is 5. The lowest BCUT2D eigenvalue weighted by Crippen LogP contribution is -1.99. The van der Waals surface area contributed by atoms with Crippen LogP contribution < -0.4 is 5.32 Å². The average Bonchev–Trinajstić information content (AvgIpc) is 2.59. The standard InChI is InChI=1S/C8H8N4O2/c1-9-7-8-10-2-5(4-13)12(8)3-6(14)11-7/h2-4,14H,1H3,(H,9,11). The summed E-state index contributed by atoms with van der Waals surface area (Å²) in [5.74, 6) is 0.265. The Morgan fingerprint density at radius 1 is 1.64 bits per heavy atom.